The van der Waals surface area contributed by atoms with Crippen molar-refractivity contribution in [2.45, 2.75) is 44.5 Å². The van der Waals surface area contributed by atoms with Gasteiger partial charge in [0.2, 0.25) is 0 Å². The Bertz CT molecular complexity index is 891. The summed E-state index contributed by atoms with van der Waals surface area (Å²) in [5, 5.41) is 5.07. The first-order valence-electron chi connectivity index (χ1n) is 9.27. The minimum Gasteiger partial charge on any atom is -0.406 e. The molecule has 10 heteroatoms. The fourth-order valence-corrected chi connectivity index (χ4v) is 3.26. The van der Waals surface area contributed by atoms with Crippen LogP contribution in [0.4, 0.5) is 23.7 Å². The summed E-state index contributed by atoms with van der Waals surface area (Å²) in [6.45, 7) is 0.439. The van der Waals surface area contributed by atoms with Gasteiger partial charge in [0, 0.05) is 30.8 Å². The van der Waals surface area contributed by atoms with E-state index in [1.807, 2.05) is 0 Å². The van der Waals surface area contributed by atoms with E-state index >= 15 is 0 Å². The molecule has 1 aliphatic rings. The maximum atomic E-state index is 12.2. The van der Waals surface area contributed by atoms with E-state index < -0.39 is 12.4 Å². The van der Waals surface area contributed by atoms with Gasteiger partial charge in [0.25, 0.3) is 5.56 Å². The van der Waals surface area contributed by atoms with Gasteiger partial charge in [0.1, 0.15) is 5.75 Å². The van der Waals surface area contributed by atoms with Gasteiger partial charge in [-0.05, 0) is 37.1 Å². The van der Waals surface area contributed by atoms with Crippen LogP contribution in [0.2, 0.25) is 0 Å². The molecule has 0 aliphatic heterocycles. The number of aromatic nitrogens is 2. The number of hydrogen-bond donors (Lipinski definition) is 2. The van der Waals surface area contributed by atoms with Crippen molar-refractivity contribution < 1.29 is 22.7 Å². The number of hydrogen-bond acceptors (Lipinski definition) is 4. The van der Waals surface area contributed by atoms with Crippen molar-refractivity contribution in [3.05, 3.63) is 52.7 Å². The molecular formula is C19H21F3N4O3. The lowest BCUT2D eigenvalue weighted by Gasteiger charge is -2.12. The summed E-state index contributed by atoms with van der Waals surface area (Å²) >= 11 is 0. The van der Waals surface area contributed by atoms with Gasteiger partial charge in [-0.3, -0.25) is 9.36 Å². The molecule has 7 nitrogen and oxygen atoms in total. The van der Waals surface area contributed by atoms with E-state index in [9.17, 15) is 22.8 Å². The average molecular weight is 410 g/mol. The fraction of sp³-hybridized carbons (Fsp3) is 0.421. The van der Waals surface area contributed by atoms with Crippen LogP contribution < -0.4 is 20.9 Å². The number of ether oxygens (including phenoxy) is 1. The molecule has 1 aromatic heterocycles. The van der Waals surface area contributed by atoms with Crippen LogP contribution in [-0.2, 0) is 6.54 Å². The van der Waals surface area contributed by atoms with Crippen molar-refractivity contribution in [3.63, 3.8) is 0 Å². The minimum absolute atomic E-state index is 0.163. The number of carbonyl (C=O) groups excluding carboxylic acids is 1. The van der Waals surface area contributed by atoms with Crippen molar-refractivity contribution in [2.75, 3.05) is 11.9 Å². The average Bonchev–Trinajstić information content (AvgIpc) is 3.18. The van der Waals surface area contributed by atoms with Gasteiger partial charge >= 0.3 is 12.4 Å². The number of benzene rings is 1. The van der Waals surface area contributed by atoms with Gasteiger partial charge in [0.05, 0.1) is 12.0 Å². The summed E-state index contributed by atoms with van der Waals surface area (Å²) in [5.74, 6) is -0.0226. The molecule has 156 valence electrons. The molecule has 1 fully saturated rings. The highest BCUT2D eigenvalue weighted by Gasteiger charge is 2.31. The number of anilines is 1. The quantitative estimate of drug-likeness (QED) is 0.762. The van der Waals surface area contributed by atoms with Crippen molar-refractivity contribution in [1.82, 2.24) is 14.9 Å². The Hall–Kier alpha value is -3.04. The molecular weight excluding hydrogens is 389 g/mol. The lowest BCUT2D eigenvalue weighted by Crippen LogP contribution is -2.33. The Morgan fingerprint density at radius 3 is 2.52 bits per heavy atom. The number of urea groups is 1. The summed E-state index contributed by atoms with van der Waals surface area (Å²) in [6, 6.07) is 5.78. The molecule has 0 radical (unpaired) electrons. The first-order valence-corrected chi connectivity index (χ1v) is 9.27. The van der Waals surface area contributed by atoms with Gasteiger partial charge in [-0.1, -0.05) is 12.8 Å². The zero-order valence-electron chi connectivity index (χ0n) is 15.5. The van der Waals surface area contributed by atoms with Crippen molar-refractivity contribution in [1.29, 1.82) is 0 Å². The van der Waals surface area contributed by atoms with Gasteiger partial charge in [-0.15, -0.1) is 13.2 Å². The molecule has 1 heterocycles. The number of carbonyl (C=O) groups is 1. The first-order chi connectivity index (χ1) is 13.8. The number of nitrogens with zero attached hydrogens (tertiary/aromatic N) is 2. The summed E-state index contributed by atoms with van der Waals surface area (Å²) in [6.07, 6.45) is 1.16. The molecule has 0 bridgehead atoms. The lowest BCUT2D eigenvalue weighted by molar-refractivity contribution is -0.274. The van der Waals surface area contributed by atoms with Crippen molar-refractivity contribution >= 4 is 11.7 Å². The normalized spacial score (nSPS) is 14.6. The summed E-state index contributed by atoms with van der Waals surface area (Å²) in [4.78, 5) is 28.5. The molecule has 3 rings (SSSR count). The summed E-state index contributed by atoms with van der Waals surface area (Å²) < 4.78 is 41.6. The summed E-state index contributed by atoms with van der Waals surface area (Å²) in [7, 11) is 0. The molecule has 0 spiro atoms. The van der Waals surface area contributed by atoms with Gasteiger partial charge < -0.3 is 15.4 Å². The predicted molar refractivity (Wildman–Crippen MR) is 99.9 cm³/mol. The Morgan fingerprint density at radius 2 is 1.90 bits per heavy atom. The highest BCUT2D eigenvalue weighted by atomic mass is 19.4. The maximum Gasteiger partial charge on any atom is 0.573 e. The van der Waals surface area contributed by atoms with Gasteiger partial charge in [-0.2, -0.15) is 0 Å². The Balaban J connectivity index is 1.45. The first kappa shape index (κ1) is 20.7. The topological polar surface area (TPSA) is 85.2 Å². The highest BCUT2D eigenvalue weighted by molar-refractivity contribution is 5.89. The molecule has 2 N–H and O–H groups in total. The van der Waals surface area contributed by atoms with E-state index in [1.54, 1.807) is 6.07 Å². The molecule has 2 aromatic rings. The van der Waals surface area contributed by atoms with Crippen LogP contribution in [0.25, 0.3) is 0 Å². The van der Waals surface area contributed by atoms with Crippen LogP contribution in [-0.4, -0.2) is 28.5 Å². The van der Waals surface area contributed by atoms with Crippen LogP contribution in [0.15, 0.2) is 41.5 Å². The second kappa shape index (κ2) is 8.97. The Kier molecular flexibility index (Phi) is 6.40. The van der Waals surface area contributed by atoms with Crippen molar-refractivity contribution in [2.24, 2.45) is 0 Å². The number of amides is 2. The maximum absolute atomic E-state index is 12.2. The number of alkyl halides is 3. The molecule has 2 amide bonds. The minimum atomic E-state index is -4.77. The van der Waals surface area contributed by atoms with E-state index in [4.69, 9.17) is 0 Å². The second-order valence-corrected chi connectivity index (χ2v) is 6.78. The van der Waals surface area contributed by atoms with E-state index in [2.05, 4.69) is 20.4 Å². The zero-order valence-corrected chi connectivity index (χ0v) is 15.5. The fourth-order valence-electron chi connectivity index (χ4n) is 3.26. The Labute approximate surface area is 164 Å². The van der Waals surface area contributed by atoms with E-state index in [0.29, 0.717) is 11.6 Å². The smallest absolute Gasteiger partial charge is 0.406 e. The second-order valence-electron chi connectivity index (χ2n) is 6.78. The number of halogens is 3. The van der Waals surface area contributed by atoms with Gasteiger partial charge in [-0.25, -0.2) is 9.78 Å². The molecule has 0 atom stereocenters. The molecule has 1 aliphatic carbocycles. The third-order valence-corrected chi connectivity index (χ3v) is 4.66. The molecule has 29 heavy (non-hydrogen) atoms. The van der Waals surface area contributed by atoms with Crippen LogP contribution in [0, 0.1) is 0 Å². The molecule has 0 unspecified atom stereocenters. The zero-order chi connectivity index (χ0) is 20.9. The van der Waals surface area contributed by atoms with Crippen LogP contribution in [0.1, 0.15) is 37.3 Å². The van der Waals surface area contributed by atoms with Gasteiger partial charge in [0.15, 0.2) is 0 Å². The van der Waals surface area contributed by atoms with E-state index in [0.717, 1.165) is 43.5 Å². The highest BCUT2D eigenvalue weighted by Crippen LogP contribution is 2.32. The number of rotatable bonds is 6. The predicted octanol–water partition coefficient (Wildman–Crippen LogP) is 3.62. The third-order valence-electron chi connectivity index (χ3n) is 4.66. The molecule has 1 saturated carbocycles. The SMILES string of the molecule is O=C(NCCn1cnc(C2CCCC2)cc1=O)Nc1ccc(OC(F)(F)F)cc1. The van der Waals surface area contributed by atoms with Crippen LogP contribution in [0.3, 0.4) is 0 Å². The Morgan fingerprint density at radius 1 is 1.21 bits per heavy atom. The largest absolute Gasteiger partial charge is 0.573 e. The standard InChI is InChI=1S/C19H21F3N4O3/c20-19(21,22)29-15-7-5-14(6-8-15)25-18(28)23-9-10-26-12-24-16(11-17(26)27)13-3-1-2-4-13/h5-8,11-13H,1-4,9-10H2,(H2,23,25,28). The van der Waals surface area contributed by atoms with E-state index in [-0.39, 0.29) is 24.4 Å². The number of nitrogens with one attached hydrogen (secondary N) is 2. The molecule has 0 saturated heterocycles. The van der Waals surface area contributed by atoms with Crippen molar-refractivity contribution in [3.8, 4) is 5.75 Å². The van der Waals surface area contributed by atoms with Crippen LogP contribution in [0.5, 0.6) is 5.75 Å². The molecule has 1 aromatic carbocycles. The summed E-state index contributed by atoms with van der Waals surface area (Å²) in [5.41, 5.74) is 0.966. The lowest BCUT2D eigenvalue weighted by atomic mass is 10.0. The van der Waals surface area contributed by atoms with E-state index in [1.165, 1.54) is 23.0 Å². The third kappa shape index (κ3) is 6.23. The van der Waals surface area contributed by atoms with Crippen LogP contribution >= 0.6 is 0 Å². The monoisotopic (exact) mass is 410 g/mol.